The molecule has 7 nitrogen and oxygen atoms in total. The molecule has 2 aromatic carbocycles. The van der Waals surface area contributed by atoms with E-state index in [0.29, 0.717) is 12.1 Å². The molecule has 0 saturated carbocycles. The Bertz CT molecular complexity index is 1250. The van der Waals surface area contributed by atoms with Crippen molar-refractivity contribution >= 4 is 29.5 Å². The number of fused-ring (bicyclic) bond motifs is 1. The Hall–Kier alpha value is -3.45. The fraction of sp³-hybridized carbons (Fsp3) is 0.452. The molecule has 4 rings (SSSR count). The summed E-state index contributed by atoms with van der Waals surface area (Å²) in [5, 5.41) is 18.2. The van der Waals surface area contributed by atoms with Gasteiger partial charge in [0.2, 0.25) is 0 Å². The van der Waals surface area contributed by atoms with Crippen LogP contribution in [-0.2, 0) is 15.6 Å². The maximum atomic E-state index is 13.4. The average Bonchev–Trinajstić information content (AvgIpc) is 2.88. The zero-order valence-electron chi connectivity index (χ0n) is 22.8. The van der Waals surface area contributed by atoms with Crippen LogP contribution in [0.1, 0.15) is 84.4 Å². The van der Waals surface area contributed by atoms with Crippen molar-refractivity contribution in [1.29, 1.82) is 0 Å². The highest BCUT2D eigenvalue weighted by Crippen LogP contribution is 2.50. The van der Waals surface area contributed by atoms with Crippen LogP contribution >= 0.6 is 0 Å². The van der Waals surface area contributed by atoms with Crippen LogP contribution < -0.4 is 4.90 Å². The molecule has 0 aromatic heterocycles. The van der Waals surface area contributed by atoms with Gasteiger partial charge in [0, 0.05) is 44.0 Å². The van der Waals surface area contributed by atoms with Crippen LogP contribution in [0, 0.1) is 0 Å². The molecule has 0 unspecified atom stereocenters. The lowest BCUT2D eigenvalue weighted by Crippen LogP contribution is -2.48. The number of benzene rings is 2. The average molecular weight is 519 g/mol. The van der Waals surface area contributed by atoms with Crippen LogP contribution in [-0.4, -0.2) is 65.6 Å². The van der Waals surface area contributed by atoms with Gasteiger partial charge in [-0.05, 0) is 70.7 Å². The minimum Gasteiger partial charge on any atom is -0.481 e. The number of ketones is 1. The normalized spacial score (nSPS) is 18.8. The smallest absolute Gasteiger partial charge is 0.335 e. The van der Waals surface area contributed by atoms with Crippen molar-refractivity contribution in [2.75, 3.05) is 37.6 Å². The molecule has 1 fully saturated rings. The molecule has 1 heterocycles. The number of hydrogen-bond donors (Lipinski definition) is 2. The van der Waals surface area contributed by atoms with E-state index >= 15 is 0 Å². The quantitative estimate of drug-likeness (QED) is 0.365. The number of rotatable bonds is 8. The molecule has 7 heteroatoms. The van der Waals surface area contributed by atoms with Crippen molar-refractivity contribution in [1.82, 2.24) is 4.90 Å². The fourth-order valence-corrected chi connectivity index (χ4v) is 5.62. The third-order valence-corrected chi connectivity index (χ3v) is 8.12. The maximum absolute atomic E-state index is 13.4. The Morgan fingerprint density at radius 1 is 0.868 bits per heavy atom. The molecule has 0 bridgehead atoms. The van der Waals surface area contributed by atoms with Crippen LogP contribution in [0.5, 0.6) is 0 Å². The monoisotopic (exact) mass is 518 g/mol. The van der Waals surface area contributed by atoms with Crippen LogP contribution in [0.25, 0.3) is 6.08 Å². The molecule has 1 aliphatic heterocycles. The van der Waals surface area contributed by atoms with E-state index in [1.54, 1.807) is 24.3 Å². The van der Waals surface area contributed by atoms with Gasteiger partial charge >= 0.3 is 11.9 Å². The summed E-state index contributed by atoms with van der Waals surface area (Å²) in [5.41, 5.74) is 5.19. The van der Waals surface area contributed by atoms with Gasteiger partial charge < -0.3 is 15.1 Å². The number of anilines is 1. The Balaban J connectivity index is 1.66. The van der Waals surface area contributed by atoms with E-state index in [9.17, 15) is 14.4 Å². The lowest BCUT2D eigenvalue weighted by molar-refractivity contribution is -0.137. The summed E-state index contributed by atoms with van der Waals surface area (Å²) in [5.74, 6) is -1.84. The van der Waals surface area contributed by atoms with Gasteiger partial charge in [0.1, 0.15) is 0 Å². The summed E-state index contributed by atoms with van der Waals surface area (Å²) in [6.45, 7) is 12.8. The van der Waals surface area contributed by atoms with E-state index in [1.807, 2.05) is 6.07 Å². The second-order valence-corrected chi connectivity index (χ2v) is 11.8. The number of carboxylic acid groups (broad SMARTS) is 2. The molecular formula is C31H38N2O5. The lowest BCUT2D eigenvalue weighted by atomic mass is 9.62. The first-order valence-corrected chi connectivity index (χ1v) is 13.3. The van der Waals surface area contributed by atoms with E-state index in [-0.39, 0.29) is 28.6 Å². The first-order valence-electron chi connectivity index (χ1n) is 13.3. The van der Waals surface area contributed by atoms with Gasteiger partial charge in [0.15, 0.2) is 5.78 Å². The molecule has 1 saturated heterocycles. The molecule has 1 aliphatic carbocycles. The minimum atomic E-state index is -0.980. The van der Waals surface area contributed by atoms with Gasteiger partial charge in [-0.25, -0.2) is 4.79 Å². The number of nitrogens with zero attached hydrogens (tertiary/aromatic N) is 2. The van der Waals surface area contributed by atoms with E-state index in [2.05, 4.69) is 43.6 Å². The molecule has 0 amide bonds. The van der Waals surface area contributed by atoms with Crippen molar-refractivity contribution in [2.24, 2.45) is 0 Å². The number of piperazine rings is 1. The van der Waals surface area contributed by atoms with Gasteiger partial charge in [-0.3, -0.25) is 14.5 Å². The molecule has 0 spiro atoms. The first kappa shape index (κ1) is 27.6. The van der Waals surface area contributed by atoms with Crippen LogP contribution in [0.2, 0.25) is 0 Å². The topological polar surface area (TPSA) is 98.2 Å². The third kappa shape index (κ3) is 5.99. The molecule has 2 aromatic rings. The number of carbonyl (C=O) groups is 3. The molecule has 0 radical (unpaired) electrons. The van der Waals surface area contributed by atoms with Gasteiger partial charge in [0.25, 0.3) is 0 Å². The Morgan fingerprint density at radius 3 is 2.11 bits per heavy atom. The number of allylic oxidation sites excluding steroid dienone is 1. The zero-order valence-corrected chi connectivity index (χ0v) is 22.8. The highest BCUT2D eigenvalue weighted by Gasteiger charge is 2.40. The summed E-state index contributed by atoms with van der Waals surface area (Å²) in [6, 6.07) is 10.6. The Kier molecular flexibility index (Phi) is 7.79. The summed E-state index contributed by atoms with van der Waals surface area (Å²) < 4.78 is 0. The first-order chi connectivity index (χ1) is 17.9. The Morgan fingerprint density at radius 2 is 1.50 bits per heavy atom. The highest BCUT2D eigenvalue weighted by molar-refractivity contribution is 6.07. The molecule has 2 N–H and O–H groups in total. The predicted molar refractivity (Wildman–Crippen MR) is 149 cm³/mol. The van der Waals surface area contributed by atoms with Crippen LogP contribution in [0.3, 0.4) is 0 Å². The predicted octanol–water partition coefficient (Wildman–Crippen LogP) is 5.23. The SMILES string of the molecule is CC1(C)CCC(C)(C)c2c(N3CCN(CCC(=O)O)CC3)cc(C(=O)/C=C\c3ccc(C(=O)O)cc3)cc21. The van der Waals surface area contributed by atoms with Crippen molar-refractivity contribution in [3.63, 3.8) is 0 Å². The second-order valence-electron chi connectivity index (χ2n) is 11.8. The standard InChI is InChI=1S/C31H38N2O5/c1-30(2)12-13-31(3,4)28-24(30)19-23(26(34)10-7-21-5-8-22(9-6-21)29(37)38)20-25(28)33-17-15-32(16-18-33)14-11-27(35)36/h5-10,19-20H,11-18H2,1-4H3,(H,35,36)(H,37,38)/b10-7-. The van der Waals surface area contributed by atoms with E-state index in [4.69, 9.17) is 10.2 Å². The van der Waals surface area contributed by atoms with E-state index in [1.165, 1.54) is 23.3 Å². The van der Waals surface area contributed by atoms with Crippen LogP contribution in [0.15, 0.2) is 42.5 Å². The molecule has 2 aliphatic rings. The fourth-order valence-electron chi connectivity index (χ4n) is 5.62. The van der Waals surface area contributed by atoms with Gasteiger partial charge in [-0.15, -0.1) is 0 Å². The van der Waals surface area contributed by atoms with Crippen molar-refractivity contribution in [2.45, 2.75) is 57.8 Å². The van der Waals surface area contributed by atoms with Crippen molar-refractivity contribution < 1.29 is 24.6 Å². The maximum Gasteiger partial charge on any atom is 0.335 e. The van der Waals surface area contributed by atoms with Crippen molar-refractivity contribution in [3.8, 4) is 0 Å². The molecule has 202 valence electrons. The summed E-state index contributed by atoms with van der Waals surface area (Å²) in [4.78, 5) is 40.1. The Labute approximate surface area is 224 Å². The molecular weight excluding hydrogens is 480 g/mol. The number of hydrogen-bond acceptors (Lipinski definition) is 5. The second kappa shape index (κ2) is 10.7. The van der Waals surface area contributed by atoms with Gasteiger partial charge in [-0.2, -0.15) is 0 Å². The molecule has 38 heavy (non-hydrogen) atoms. The molecule has 0 atom stereocenters. The number of carboxylic acids is 2. The minimum absolute atomic E-state index is 0.0239. The van der Waals surface area contributed by atoms with Gasteiger partial charge in [0.05, 0.1) is 12.0 Å². The third-order valence-electron chi connectivity index (χ3n) is 8.12. The van der Waals surface area contributed by atoms with E-state index < -0.39 is 11.9 Å². The zero-order chi connectivity index (χ0) is 27.7. The largest absolute Gasteiger partial charge is 0.481 e. The number of aliphatic carboxylic acids is 1. The summed E-state index contributed by atoms with van der Waals surface area (Å²) in [6.07, 6.45) is 5.54. The van der Waals surface area contributed by atoms with E-state index in [0.717, 1.165) is 50.3 Å². The van der Waals surface area contributed by atoms with Gasteiger partial charge in [-0.1, -0.05) is 45.9 Å². The highest BCUT2D eigenvalue weighted by atomic mass is 16.4. The van der Waals surface area contributed by atoms with Crippen molar-refractivity contribution in [3.05, 3.63) is 70.3 Å². The summed E-state index contributed by atoms with van der Waals surface area (Å²) in [7, 11) is 0. The lowest BCUT2D eigenvalue weighted by Gasteiger charge is -2.46. The van der Waals surface area contributed by atoms with Crippen LogP contribution in [0.4, 0.5) is 5.69 Å². The number of carbonyl (C=O) groups excluding carboxylic acids is 1. The summed E-state index contributed by atoms with van der Waals surface area (Å²) >= 11 is 0. The number of aromatic carboxylic acids is 1.